The first-order chi connectivity index (χ1) is 33.0. The normalized spacial score (nSPS) is 19.0. The van der Waals surface area contributed by atoms with E-state index < -0.39 is 60.3 Å². The van der Waals surface area contributed by atoms with Gasteiger partial charge in [-0.1, -0.05) is 152 Å². The smallest absolute Gasteiger partial charge is 0.408 e. The Kier molecular flexibility index (Phi) is 20.4. The minimum atomic E-state index is -1.05. The van der Waals surface area contributed by atoms with Crippen LogP contribution in [-0.4, -0.2) is 80.6 Å². The van der Waals surface area contributed by atoms with Gasteiger partial charge in [0.25, 0.3) is 0 Å². The quantitative estimate of drug-likeness (QED) is 0.0450. The second-order valence-electron chi connectivity index (χ2n) is 17.8. The van der Waals surface area contributed by atoms with Gasteiger partial charge in [-0.15, -0.1) is 0 Å². The van der Waals surface area contributed by atoms with Crippen molar-refractivity contribution in [2.45, 2.75) is 115 Å². The van der Waals surface area contributed by atoms with Crippen LogP contribution in [0, 0.1) is 5.92 Å². The summed E-state index contributed by atoms with van der Waals surface area (Å²) in [5, 5.41) is 5.65. The fourth-order valence-electron chi connectivity index (χ4n) is 7.95. The van der Waals surface area contributed by atoms with E-state index in [1.54, 1.807) is 20.8 Å². The van der Waals surface area contributed by atoms with Gasteiger partial charge in [0.2, 0.25) is 0 Å². The fraction of sp³-hybridized carbons (Fsp3) is 0.400. The van der Waals surface area contributed by atoms with Crippen LogP contribution in [0.15, 0.2) is 152 Å². The summed E-state index contributed by atoms with van der Waals surface area (Å²) in [6.07, 6.45) is -3.85. The van der Waals surface area contributed by atoms with Gasteiger partial charge in [-0.05, 0) is 73.8 Å². The van der Waals surface area contributed by atoms with E-state index in [2.05, 4.69) is 10.6 Å². The molecule has 0 unspecified atom stereocenters. The van der Waals surface area contributed by atoms with Gasteiger partial charge in [-0.3, -0.25) is 0 Å². The Bertz CT molecular complexity index is 2210. The van der Waals surface area contributed by atoms with Crippen LogP contribution >= 0.6 is 0 Å². The Labute approximate surface area is 400 Å². The molecule has 5 aromatic carbocycles. The number of hydrogen-bond acceptors (Lipinski definition) is 11. The van der Waals surface area contributed by atoms with Crippen LogP contribution in [0.4, 0.5) is 9.59 Å². The van der Waals surface area contributed by atoms with Crippen molar-refractivity contribution in [3.63, 3.8) is 0 Å². The molecule has 1 fully saturated rings. The van der Waals surface area contributed by atoms with Crippen molar-refractivity contribution in [1.82, 2.24) is 10.6 Å². The number of esters is 1. The third-order valence-electron chi connectivity index (χ3n) is 11.3. The molecule has 13 nitrogen and oxygen atoms in total. The van der Waals surface area contributed by atoms with Crippen molar-refractivity contribution in [2.75, 3.05) is 20.3 Å². The minimum Gasteiger partial charge on any atom is -0.467 e. The predicted octanol–water partition coefficient (Wildman–Crippen LogP) is 9.51. The molecule has 0 spiro atoms. The summed E-state index contributed by atoms with van der Waals surface area (Å²) in [4.78, 5) is 39.5. The number of rotatable bonds is 24. The van der Waals surface area contributed by atoms with Crippen LogP contribution in [-0.2, 0) is 75.7 Å². The highest BCUT2D eigenvalue weighted by atomic mass is 16.6. The molecular formula is C55H66N2O11. The average Bonchev–Trinajstić information content (AvgIpc) is 3.35. The summed E-state index contributed by atoms with van der Waals surface area (Å²) in [5.41, 5.74) is 3.97. The number of methoxy groups -OCH3 is 1. The maximum atomic E-state index is 13.2. The first kappa shape index (κ1) is 51.3. The van der Waals surface area contributed by atoms with Crippen molar-refractivity contribution in [1.29, 1.82) is 0 Å². The van der Waals surface area contributed by atoms with Crippen molar-refractivity contribution in [3.05, 3.63) is 179 Å². The zero-order valence-corrected chi connectivity index (χ0v) is 39.5. The molecule has 1 heterocycles. The Hall–Kier alpha value is -6.09. The largest absolute Gasteiger partial charge is 0.467 e. The maximum absolute atomic E-state index is 13.2. The average molecular weight is 931 g/mol. The van der Waals surface area contributed by atoms with Gasteiger partial charge in [-0.25, -0.2) is 14.4 Å². The van der Waals surface area contributed by atoms with Crippen LogP contribution in [0.1, 0.15) is 67.9 Å². The van der Waals surface area contributed by atoms with Crippen LogP contribution in [0.3, 0.4) is 0 Å². The molecule has 13 heteroatoms. The second kappa shape index (κ2) is 27.0. The number of benzene rings is 5. The molecule has 68 heavy (non-hydrogen) atoms. The van der Waals surface area contributed by atoms with E-state index in [0.29, 0.717) is 19.4 Å². The molecule has 5 aromatic rings. The van der Waals surface area contributed by atoms with Crippen molar-refractivity contribution in [3.8, 4) is 0 Å². The summed E-state index contributed by atoms with van der Waals surface area (Å²) >= 11 is 0. The highest BCUT2D eigenvalue weighted by molar-refractivity contribution is 5.81. The number of carbonyl (C=O) groups excluding carboxylic acids is 3. The van der Waals surface area contributed by atoms with Gasteiger partial charge in [0.15, 0.2) is 0 Å². The molecule has 0 aromatic heterocycles. The Morgan fingerprint density at radius 3 is 1.47 bits per heavy atom. The van der Waals surface area contributed by atoms with E-state index in [4.69, 9.17) is 37.9 Å². The number of hydrogen-bond donors (Lipinski definition) is 2. The lowest BCUT2D eigenvalue weighted by Crippen LogP contribution is -2.61. The molecule has 1 aliphatic rings. The summed E-state index contributed by atoms with van der Waals surface area (Å²) in [7, 11) is 1.27. The minimum absolute atomic E-state index is 0.0200. The van der Waals surface area contributed by atoms with Crippen molar-refractivity contribution < 1.29 is 52.3 Å². The van der Waals surface area contributed by atoms with E-state index >= 15 is 0 Å². The molecule has 362 valence electrons. The topological polar surface area (TPSA) is 149 Å². The van der Waals surface area contributed by atoms with Crippen LogP contribution < -0.4 is 10.6 Å². The molecule has 7 atom stereocenters. The molecule has 0 bridgehead atoms. The molecule has 6 rings (SSSR count). The molecule has 0 radical (unpaired) electrons. The second-order valence-corrected chi connectivity index (χ2v) is 17.8. The number of alkyl carbamates (subject to hydrolysis) is 2. The standard InChI is InChI=1S/C55H66N2O11/c1-55(2,3)68-53(59)56-33-45(30-31-46(52(58)61-4)57-54(60)66-38-44-28-18-9-19-29-44)32-47-49(63-35-41-22-12-6-13-23-41)51(65-37-43-26-16-8-17-27-43)50(64-36-42-24-14-7-15-25-42)48(67-47)39-62-34-40-20-10-5-11-21-40/h5-29,45-51H,30-39H2,1-4H3,(H,56,59)(H,57,60)/t45-,46-,47-,48+,49-,50-,51+/m0/s1. The van der Waals surface area contributed by atoms with Gasteiger partial charge in [0.1, 0.15) is 42.7 Å². The lowest BCUT2D eigenvalue weighted by molar-refractivity contribution is -0.275. The maximum Gasteiger partial charge on any atom is 0.408 e. The lowest BCUT2D eigenvalue weighted by Gasteiger charge is -2.47. The van der Waals surface area contributed by atoms with Crippen molar-refractivity contribution in [2.24, 2.45) is 5.92 Å². The SMILES string of the molecule is COC(=O)[C@H](CC[C@H](CNC(=O)OC(C)(C)C)C[C@@H]1O[C@H](COCc2ccccc2)[C@H](OCc2ccccc2)[C@H](OCc2ccccc2)[C@H]1OCc1ccccc1)NC(=O)OCc1ccccc1. The molecular weight excluding hydrogens is 865 g/mol. The van der Waals surface area contributed by atoms with E-state index in [9.17, 15) is 14.4 Å². The van der Waals surface area contributed by atoms with Gasteiger partial charge >= 0.3 is 18.2 Å². The molecule has 0 saturated carbocycles. The summed E-state index contributed by atoms with van der Waals surface area (Å²) < 4.78 is 50.6. The first-order valence-electron chi connectivity index (χ1n) is 23.3. The third-order valence-corrected chi connectivity index (χ3v) is 11.3. The zero-order chi connectivity index (χ0) is 48.0. The van der Waals surface area contributed by atoms with Gasteiger partial charge in [0.05, 0.1) is 46.2 Å². The number of carbonyl (C=O) groups is 3. The molecule has 2 amide bonds. The van der Waals surface area contributed by atoms with Crippen LogP contribution in [0.2, 0.25) is 0 Å². The lowest BCUT2D eigenvalue weighted by atomic mass is 9.86. The van der Waals surface area contributed by atoms with Gasteiger partial charge in [-0.2, -0.15) is 0 Å². The number of amides is 2. The van der Waals surface area contributed by atoms with Crippen LogP contribution in [0.5, 0.6) is 0 Å². The third kappa shape index (κ3) is 17.5. The number of ether oxygens (including phenoxy) is 8. The monoisotopic (exact) mass is 930 g/mol. The highest BCUT2D eigenvalue weighted by Gasteiger charge is 2.49. The van der Waals surface area contributed by atoms with Gasteiger partial charge in [0, 0.05) is 6.54 Å². The fourth-order valence-corrected chi connectivity index (χ4v) is 7.95. The highest BCUT2D eigenvalue weighted by Crippen LogP contribution is 2.35. The predicted molar refractivity (Wildman–Crippen MR) is 257 cm³/mol. The Balaban J connectivity index is 1.32. The zero-order valence-electron chi connectivity index (χ0n) is 39.5. The molecule has 2 N–H and O–H groups in total. The van der Waals surface area contributed by atoms with Gasteiger partial charge < -0.3 is 48.5 Å². The van der Waals surface area contributed by atoms with Crippen molar-refractivity contribution >= 4 is 18.2 Å². The molecule has 0 aliphatic carbocycles. The molecule has 1 saturated heterocycles. The van der Waals surface area contributed by atoms with Crippen LogP contribution in [0.25, 0.3) is 0 Å². The number of nitrogens with one attached hydrogen (secondary N) is 2. The summed E-state index contributed by atoms with van der Waals surface area (Å²) in [5.74, 6) is -0.992. The van der Waals surface area contributed by atoms with E-state index in [1.807, 2.05) is 152 Å². The van der Waals surface area contributed by atoms with E-state index in [-0.39, 0.29) is 51.9 Å². The van der Waals surface area contributed by atoms with E-state index in [1.165, 1.54) is 7.11 Å². The van der Waals surface area contributed by atoms with E-state index in [0.717, 1.165) is 27.8 Å². The summed E-state index contributed by atoms with van der Waals surface area (Å²) in [6, 6.07) is 47.9. The summed E-state index contributed by atoms with van der Waals surface area (Å²) in [6.45, 7) is 6.86. The molecule has 1 aliphatic heterocycles. The Morgan fingerprint density at radius 1 is 0.559 bits per heavy atom. The Morgan fingerprint density at radius 2 is 1.00 bits per heavy atom. The first-order valence-corrected chi connectivity index (χ1v) is 23.3.